The van der Waals surface area contributed by atoms with Gasteiger partial charge in [0.2, 0.25) is 0 Å². The molecule has 3 atom stereocenters. The molecular weight excluding hydrogens is 342 g/mol. The first kappa shape index (κ1) is 20.8. The normalized spacial score (nSPS) is 30.0. The molecule has 0 radical (unpaired) electrons. The van der Waals surface area contributed by atoms with Crippen LogP contribution in [-0.2, 0) is 14.3 Å². The predicted molar refractivity (Wildman–Crippen MR) is 106 cm³/mol. The van der Waals surface area contributed by atoms with Crippen LogP contribution in [0.5, 0.6) is 0 Å². The number of carbonyl (C=O) groups is 1. The maximum absolute atomic E-state index is 11.4. The van der Waals surface area contributed by atoms with Gasteiger partial charge in [0.1, 0.15) is 5.72 Å². The van der Waals surface area contributed by atoms with Crippen LogP contribution in [0, 0.1) is 0 Å². The van der Waals surface area contributed by atoms with Crippen LogP contribution in [0.25, 0.3) is 0 Å². The Morgan fingerprint density at radius 1 is 1.41 bits per heavy atom. The van der Waals surface area contributed by atoms with E-state index in [4.69, 9.17) is 9.47 Å². The van der Waals surface area contributed by atoms with Crippen LogP contribution in [0.4, 0.5) is 0 Å². The lowest BCUT2D eigenvalue weighted by atomic mass is 9.88. The number of nitrogens with one attached hydrogen (secondary N) is 2. The van der Waals surface area contributed by atoms with E-state index in [0.29, 0.717) is 24.7 Å². The number of esters is 1. The molecule has 3 rings (SSSR count). The number of methoxy groups -OCH3 is 1. The molecule has 0 bridgehead atoms. The zero-order chi connectivity index (χ0) is 19.7. The van der Waals surface area contributed by atoms with Crippen molar-refractivity contribution in [3.63, 3.8) is 0 Å². The van der Waals surface area contributed by atoms with Crippen LogP contribution in [0.3, 0.4) is 0 Å². The van der Waals surface area contributed by atoms with Gasteiger partial charge in [-0.15, -0.1) is 0 Å². The topological polar surface area (TPSA) is 62.8 Å². The molecule has 27 heavy (non-hydrogen) atoms. The van der Waals surface area contributed by atoms with E-state index in [0.717, 1.165) is 45.2 Å². The molecule has 1 heterocycles. The molecule has 0 aromatic heterocycles. The van der Waals surface area contributed by atoms with E-state index < -0.39 is 0 Å². The third-order valence-corrected chi connectivity index (χ3v) is 5.90. The molecule has 1 saturated heterocycles. The summed E-state index contributed by atoms with van der Waals surface area (Å²) in [6.07, 6.45) is 8.23. The second kappa shape index (κ2) is 8.19. The molecule has 0 aromatic carbocycles. The largest absolute Gasteiger partial charge is 0.469 e. The molecule has 2 fully saturated rings. The molecule has 3 aliphatic rings. The molecule has 2 aliphatic carbocycles. The summed E-state index contributed by atoms with van der Waals surface area (Å²) < 4.78 is 11.0. The minimum Gasteiger partial charge on any atom is -0.469 e. The molecule has 6 nitrogen and oxygen atoms in total. The summed E-state index contributed by atoms with van der Waals surface area (Å²) >= 11 is 0. The highest BCUT2D eigenvalue weighted by atomic mass is 16.5. The first-order valence-electron chi connectivity index (χ1n) is 10.5. The SMILES string of the molecule is CCN1C(CNC2(OC(C)(C)C)CC2)NC2CC=C(CCC(=O)OC)CC21. The van der Waals surface area contributed by atoms with Crippen molar-refractivity contribution in [1.29, 1.82) is 0 Å². The van der Waals surface area contributed by atoms with E-state index in [-0.39, 0.29) is 17.3 Å². The van der Waals surface area contributed by atoms with Crippen LogP contribution in [0.15, 0.2) is 11.6 Å². The maximum atomic E-state index is 11.4. The second-order valence-electron chi connectivity index (χ2n) is 9.15. The number of nitrogens with zero attached hydrogens (tertiary/aromatic N) is 1. The minimum absolute atomic E-state index is 0.120. The van der Waals surface area contributed by atoms with E-state index in [1.165, 1.54) is 12.7 Å². The quantitative estimate of drug-likeness (QED) is 0.384. The molecule has 6 heteroatoms. The van der Waals surface area contributed by atoms with Crippen LogP contribution in [0.2, 0.25) is 0 Å². The fourth-order valence-electron chi connectivity index (χ4n) is 4.54. The van der Waals surface area contributed by atoms with Gasteiger partial charge in [-0.1, -0.05) is 18.6 Å². The third kappa shape index (κ3) is 5.31. The summed E-state index contributed by atoms with van der Waals surface area (Å²) in [6.45, 7) is 10.5. The molecule has 0 spiro atoms. The fraction of sp³-hybridized carbons (Fsp3) is 0.857. The van der Waals surface area contributed by atoms with Crippen molar-refractivity contribution in [1.82, 2.24) is 15.5 Å². The number of rotatable bonds is 8. The number of fused-ring (bicyclic) bond motifs is 1. The molecule has 0 amide bonds. The standard InChI is InChI=1S/C21H37N3O3/c1-6-24-17-13-15(8-10-19(25)26-5)7-9-16(17)23-18(24)14-22-21(11-12-21)27-20(2,3)4/h7,16-18,22-23H,6,8-14H2,1-5H3. The summed E-state index contributed by atoms with van der Waals surface area (Å²) in [5.74, 6) is -0.120. The van der Waals surface area contributed by atoms with Gasteiger partial charge in [0.05, 0.1) is 18.9 Å². The molecule has 3 unspecified atom stereocenters. The third-order valence-electron chi connectivity index (χ3n) is 5.90. The minimum atomic E-state index is -0.128. The molecule has 2 N–H and O–H groups in total. The van der Waals surface area contributed by atoms with Gasteiger partial charge in [0, 0.05) is 25.0 Å². The number of hydrogen-bond acceptors (Lipinski definition) is 6. The van der Waals surface area contributed by atoms with Gasteiger partial charge in [0.25, 0.3) is 0 Å². The summed E-state index contributed by atoms with van der Waals surface area (Å²) in [4.78, 5) is 14.0. The summed E-state index contributed by atoms with van der Waals surface area (Å²) in [6, 6.07) is 1.01. The van der Waals surface area contributed by atoms with E-state index in [2.05, 4.69) is 49.3 Å². The molecule has 0 aromatic rings. The van der Waals surface area contributed by atoms with Gasteiger partial charge in [0.15, 0.2) is 0 Å². The van der Waals surface area contributed by atoms with Crippen molar-refractivity contribution in [2.45, 2.75) is 95.8 Å². The molecule has 1 aliphatic heterocycles. The Kier molecular flexibility index (Phi) is 6.31. The van der Waals surface area contributed by atoms with Crippen molar-refractivity contribution in [3.8, 4) is 0 Å². The molecule has 1 saturated carbocycles. The van der Waals surface area contributed by atoms with Crippen LogP contribution < -0.4 is 10.6 Å². The second-order valence-corrected chi connectivity index (χ2v) is 9.15. The summed E-state index contributed by atoms with van der Waals surface area (Å²) in [5, 5.41) is 7.52. The van der Waals surface area contributed by atoms with Gasteiger partial charge in [-0.2, -0.15) is 0 Å². The zero-order valence-corrected chi connectivity index (χ0v) is 17.6. The van der Waals surface area contributed by atoms with E-state index >= 15 is 0 Å². The highest BCUT2D eigenvalue weighted by Gasteiger charge is 2.48. The Bertz CT molecular complexity index is 566. The highest BCUT2D eigenvalue weighted by Crippen LogP contribution is 2.40. The van der Waals surface area contributed by atoms with E-state index in [1.54, 1.807) is 0 Å². The highest BCUT2D eigenvalue weighted by molar-refractivity contribution is 5.69. The summed E-state index contributed by atoms with van der Waals surface area (Å²) in [5.41, 5.74) is 1.14. The van der Waals surface area contributed by atoms with Crippen LogP contribution in [-0.4, -0.2) is 60.6 Å². The van der Waals surface area contributed by atoms with Crippen molar-refractivity contribution in [2.24, 2.45) is 0 Å². The number of ether oxygens (including phenoxy) is 2. The average molecular weight is 380 g/mol. The number of carbonyl (C=O) groups excluding carboxylic acids is 1. The average Bonchev–Trinajstić information content (AvgIpc) is 3.27. The van der Waals surface area contributed by atoms with Gasteiger partial charge in [-0.3, -0.25) is 20.3 Å². The van der Waals surface area contributed by atoms with Gasteiger partial charge < -0.3 is 9.47 Å². The van der Waals surface area contributed by atoms with Crippen molar-refractivity contribution < 1.29 is 14.3 Å². The Balaban J connectivity index is 1.53. The van der Waals surface area contributed by atoms with Crippen molar-refractivity contribution >= 4 is 5.97 Å². The van der Waals surface area contributed by atoms with E-state index in [1.807, 2.05) is 0 Å². The fourth-order valence-corrected chi connectivity index (χ4v) is 4.54. The number of likely N-dealkylation sites (N-methyl/N-ethyl adjacent to an activating group) is 1. The molecular formula is C21H37N3O3. The Morgan fingerprint density at radius 3 is 2.74 bits per heavy atom. The smallest absolute Gasteiger partial charge is 0.305 e. The first-order valence-corrected chi connectivity index (χ1v) is 10.5. The lowest BCUT2D eigenvalue weighted by Crippen LogP contribution is -2.50. The zero-order valence-electron chi connectivity index (χ0n) is 17.6. The lowest BCUT2D eigenvalue weighted by Gasteiger charge is -2.33. The van der Waals surface area contributed by atoms with Crippen LogP contribution in [0.1, 0.15) is 66.2 Å². The first-order chi connectivity index (χ1) is 12.8. The Morgan fingerprint density at radius 2 is 2.15 bits per heavy atom. The monoisotopic (exact) mass is 379 g/mol. The van der Waals surface area contributed by atoms with Crippen molar-refractivity contribution in [3.05, 3.63) is 11.6 Å². The maximum Gasteiger partial charge on any atom is 0.305 e. The van der Waals surface area contributed by atoms with Crippen LogP contribution >= 0.6 is 0 Å². The number of hydrogen-bond donors (Lipinski definition) is 2. The summed E-state index contributed by atoms with van der Waals surface area (Å²) in [7, 11) is 1.46. The Hall–Kier alpha value is -0.950. The van der Waals surface area contributed by atoms with Gasteiger partial charge >= 0.3 is 5.97 Å². The van der Waals surface area contributed by atoms with E-state index in [9.17, 15) is 4.79 Å². The lowest BCUT2D eigenvalue weighted by molar-refractivity contribution is -0.140. The predicted octanol–water partition coefficient (Wildman–Crippen LogP) is 2.54. The molecule has 154 valence electrons. The van der Waals surface area contributed by atoms with Gasteiger partial charge in [-0.25, -0.2) is 0 Å². The Labute approximate surface area is 164 Å². The van der Waals surface area contributed by atoms with Gasteiger partial charge in [-0.05, 0) is 59.4 Å². The van der Waals surface area contributed by atoms with Crippen molar-refractivity contribution in [2.75, 3.05) is 20.2 Å².